The lowest BCUT2D eigenvalue weighted by atomic mass is 10.1. The van der Waals surface area contributed by atoms with Crippen molar-refractivity contribution in [3.05, 3.63) is 21.3 Å². The zero-order valence-corrected chi connectivity index (χ0v) is 11.5. The molecule has 3 nitrogen and oxygen atoms in total. The molecule has 0 fully saturated rings. The molecular formula is C10H13ClINO2. The summed E-state index contributed by atoms with van der Waals surface area (Å²) < 4.78 is 11.5. The van der Waals surface area contributed by atoms with Gasteiger partial charge in [0, 0.05) is 12.0 Å². The van der Waals surface area contributed by atoms with E-state index in [0.29, 0.717) is 6.42 Å². The number of nitrogens with two attached hydrogens (primary N) is 1. The van der Waals surface area contributed by atoms with Gasteiger partial charge in [-0.15, -0.1) is 11.6 Å². The lowest BCUT2D eigenvalue weighted by molar-refractivity contribution is 0.396. The van der Waals surface area contributed by atoms with Crippen molar-refractivity contribution in [3.8, 4) is 11.5 Å². The monoisotopic (exact) mass is 341 g/mol. The van der Waals surface area contributed by atoms with Crippen LogP contribution in [0.5, 0.6) is 11.5 Å². The normalized spacial score (nSPS) is 12.3. The van der Waals surface area contributed by atoms with Crippen LogP contribution < -0.4 is 15.2 Å². The van der Waals surface area contributed by atoms with Crippen LogP contribution in [-0.2, 0) is 6.42 Å². The van der Waals surface area contributed by atoms with Gasteiger partial charge in [-0.25, -0.2) is 0 Å². The SMILES string of the molecule is COc1cc(CC(N)Cl)c(OC)cc1I. The van der Waals surface area contributed by atoms with Crippen molar-refractivity contribution in [3.63, 3.8) is 0 Å². The second-order valence-corrected chi connectivity index (χ2v) is 4.74. The van der Waals surface area contributed by atoms with Gasteiger partial charge in [0.2, 0.25) is 0 Å². The van der Waals surface area contributed by atoms with Gasteiger partial charge >= 0.3 is 0 Å². The quantitative estimate of drug-likeness (QED) is 0.519. The largest absolute Gasteiger partial charge is 0.496 e. The van der Waals surface area contributed by atoms with Crippen LogP contribution in [0.1, 0.15) is 5.56 Å². The minimum absolute atomic E-state index is 0.413. The number of rotatable bonds is 4. The van der Waals surface area contributed by atoms with E-state index in [2.05, 4.69) is 22.6 Å². The Kier molecular flexibility index (Phi) is 4.95. The minimum atomic E-state index is -0.413. The Labute approximate surface area is 108 Å². The third-order valence-corrected chi connectivity index (χ3v) is 2.97. The topological polar surface area (TPSA) is 44.5 Å². The molecule has 0 radical (unpaired) electrons. The average molecular weight is 342 g/mol. The number of methoxy groups -OCH3 is 2. The molecule has 1 unspecified atom stereocenters. The highest BCUT2D eigenvalue weighted by molar-refractivity contribution is 14.1. The summed E-state index contributed by atoms with van der Waals surface area (Å²) in [6.07, 6.45) is 0.554. The maximum absolute atomic E-state index is 5.76. The van der Waals surface area contributed by atoms with Crippen LogP contribution in [0.15, 0.2) is 12.1 Å². The molecule has 0 saturated carbocycles. The summed E-state index contributed by atoms with van der Waals surface area (Å²) >= 11 is 7.95. The Morgan fingerprint density at radius 1 is 1.33 bits per heavy atom. The molecule has 0 spiro atoms. The molecule has 0 amide bonds. The first-order chi connectivity index (χ1) is 7.08. The van der Waals surface area contributed by atoms with Gasteiger partial charge in [0.05, 0.1) is 23.3 Å². The highest BCUT2D eigenvalue weighted by Gasteiger charge is 2.11. The number of benzene rings is 1. The van der Waals surface area contributed by atoms with Gasteiger partial charge in [-0.05, 0) is 34.7 Å². The van der Waals surface area contributed by atoms with Gasteiger partial charge < -0.3 is 15.2 Å². The van der Waals surface area contributed by atoms with Gasteiger partial charge in [0.15, 0.2) is 0 Å². The molecule has 15 heavy (non-hydrogen) atoms. The second kappa shape index (κ2) is 5.77. The highest BCUT2D eigenvalue weighted by atomic mass is 127. The number of halogens is 2. The van der Waals surface area contributed by atoms with E-state index in [1.54, 1.807) is 14.2 Å². The van der Waals surface area contributed by atoms with Crippen LogP contribution in [0.3, 0.4) is 0 Å². The van der Waals surface area contributed by atoms with E-state index in [0.717, 1.165) is 20.6 Å². The predicted molar refractivity (Wildman–Crippen MR) is 69.8 cm³/mol. The van der Waals surface area contributed by atoms with Gasteiger partial charge in [-0.2, -0.15) is 0 Å². The van der Waals surface area contributed by atoms with E-state index in [4.69, 9.17) is 26.8 Å². The Hall–Kier alpha value is -0.200. The van der Waals surface area contributed by atoms with Gasteiger partial charge in [-0.3, -0.25) is 0 Å². The first kappa shape index (κ1) is 12.9. The summed E-state index contributed by atoms with van der Waals surface area (Å²) in [5.41, 5.74) is 6.09. The lowest BCUT2D eigenvalue weighted by Crippen LogP contribution is -2.15. The fourth-order valence-electron chi connectivity index (χ4n) is 1.29. The number of alkyl halides is 1. The van der Waals surface area contributed by atoms with E-state index in [1.807, 2.05) is 12.1 Å². The van der Waals surface area contributed by atoms with Gasteiger partial charge in [-0.1, -0.05) is 0 Å². The van der Waals surface area contributed by atoms with Crippen molar-refractivity contribution in [2.24, 2.45) is 5.73 Å². The zero-order valence-electron chi connectivity index (χ0n) is 8.59. The molecule has 0 aromatic heterocycles. The smallest absolute Gasteiger partial charge is 0.132 e. The molecule has 1 aromatic rings. The first-order valence-electron chi connectivity index (χ1n) is 4.38. The van der Waals surface area contributed by atoms with E-state index < -0.39 is 5.50 Å². The predicted octanol–water partition coefficient (Wildman–Crippen LogP) is 2.37. The molecule has 1 atom stereocenters. The van der Waals surface area contributed by atoms with Crippen LogP contribution >= 0.6 is 34.2 Å². The Morgan fingerprint density at radius 2 is 1.93 bits per heavy atom. The van der Waals surface area contributed by atoms with Crippen molar-refractivity contribution in [2.45, 2.75) is 11.9 Å². The van der Waals surface area contributed by atoms with E-state index in [-0.39, 0.29) is 0 Å². The third-order valence-electron chi connectivity index (χ3n) is 1.97. The van der Waals surface area contributed by atoms with Crippen molar-refractivity contribution in [1.29, 1.82) is 0 Å². The number of ether oxygens (including phenoxy) is 2. The van der Waals surface area contributed by atoms with Crippen LogP contribution in [-0.4, -0.2) is 19.7 Å². The maximum atomic E-state index is 5.76. The summed E-state index contributed by atoms with van der Waals surface area (Å²) in [6.45, 7) is 0. The van der Waals surface area contributed by atoms with Crippen LogP contribution in [0, 0.1) is 3.57 Å². The standard InChI is InChI=1S/C10H13ClINO2/c1-14-8-5-7(12)9(15-2)3-6(8)4-10(11)13/h3,5,10H,4,13H2,1-2H3. The molecular weight excluding hydrogens is 328 g/mol. The molecule has 1 aromatic carbocycles. The maximum Gasteiger partial charge on any atom is 0.132 e. The van der Waals surface area contributed by atoms with Crippen LogP contribution in [0.25, 0.3) is 0 Å². The van der Waals surface area contributed by atoms with E-state index in [9.17, 15) is 0 Å². The Bertz CT molecular complexity index is 344. The molecule has 0 aliphatic rings. The molecule has 0 aliphatic carbocycles. The summed E-state index contributed by atoms with van der Waals surface area (Å²) in [5.74, 6) is 1.60. The highest BCUT2D eigenvalue weighted by Crippen LogP contribution is 2.30. The van der Waals surface area contributed by atoms with Crippen LogP contribution in [0.2, 0.25) is 0 Å². The molecule has 0 saturated heterocycles. The summed E-state index contributed by atoms with van der Waals surface area (Å²) in [4.78, 5) is 0. The Morgan fingerprint density at radius 3 is 2.40 bits per heavy atom. The van der Waals surface area contributed by atoms with Gasteiger partial charge in [0.25, 0.3) is 0 Å². The summed E-state index contributed by atoms with van der Waals surface area (Å²) in [6, 6.07) is 3.82. The van der Waals surface area contributed by atoms with E-state index >= 15 is 0 Å². The molecule has 0 bridgehead atoms. The number of hydrogen-bond donors (Lipinski definition) is 1. The van der Waals surface area contributed by atoms with Crippen LogP contribution in [0.4, 0.5) is 0 Å². The molecule has 0 heterocycles. The average Bonchev–Trinajstić information content (AvgIpc) is 2.19. The number of hydrogen-bond acceptors (Lipinski definition) is 3. The Balaban J connectivity index is 3.10. The molecule has 0 aliphatic heterocycles. The molecule has 1 rings (SSSR count). The van der Waals surface area contributed by atoms with Crippen molar-refractivity contribution >= 4 is 34.2 Å². The summed E-state index contributed by atoms with van der Waals surface area (Å²) in [7, 11) is 3.26. The molecule has 2 N–H and O–H groups in total. The van der Waals surface area contributed by atoms with E-state index in [1.165, 1.54) is 0 Å². The lowest BCUT2D eigenvalue weighted by Gasteiger charge is -2.13. The van der Waals surface area contributed by atoms with Crippen molar-refractivity contribution in [1.82, 2.24) is 0 Å². The molecule has 84 valence electrons. The molecule has 5 heteroatoms. The van der Waals surface area contributed by atoms with Gasteiger partial charge in [0.1, 0.15) is 11.5 Å². The first-order valence-corrected chi connectivity index (χ1v) is 5.90. The minimum Gasteiger partial charge on any atom is -0.496 e. The van der Waals surface area contributed by atoms with Crippen molar-refractivity contribution < 1.29 is 9.47 Å². The summed E-state index contributed by atoms with van der Waals surface area (Å²) in [5, 5.41) is 0. The fraction of sp³-hybridized carbons (Fsp3) is 0.400. The third kappa shape index (κ3) is 3.39. The van der Waals surface area contributed by atoms with Crippen molar-refractivity contribution in [2.75, 3.05) is 14.2 Å². The second-order valence-electron chi connectivity index (χ2n) is 3.02. The fourth-order valence-corrected chi connectivity index (χ4v) is 2.12. The zero-order chi connectivity index (χ0) is 11.4.